The lowest BCUT2D eigenvalue weighted by atomic mass is 10.0. The number of nitrogens with one attached hydrogen (secondary N) is 1. The summed E-state index contributed by atoms with van der Waals surface area (Å²) in [7, 11) is 1.60. The summed E-state index contributed by atoms with van der Waals surface area (Å²) in [5, 5.41) is 4.58. The lowest BCUT2D eigenvalue weighted by Gasteiger charge is -2.10. The van der Waals surface area contributed by atoms with Crippen LogP contribution in [0.5, 0.6) is 5.75 Å². The molecule has 0 radical (unpaired) electrons. The van der Waals surface area contributed by atoms with Gasteiger partial charge in [0.2, 0.25) is 0 Å². The highest BCUT2D eigenvalue weighted by atomic mass is 35.5. The van der Waals surface area contributed by atoms with Crippen LogP contribution in [-0.4, -0.2) is 13.7 Å². The van der Waals surface area contributed by atoms with Crippen molar-refractivity contribution < 1.29 is 4.74 Å². The van der Waals surface area contributed by atoms with Crippen molar-refractivity contribution >= 4 is 23.2 Å². The predicted molar refractivity (Wildman–Crippen MR) is 85.8 cm³/mol. The normalized spacial score (nSPS) is 10.6. The van der Waals surface area contributed by atoms with Crippen molar-refractivity contribution in [1.29, 1.82) is 0 Å². The third-order valence-corrected chi connectivity index (χ3v) is 3.68. The summed E-state index contributed by atoms with van der Waals surface area (Å²) in [5.74, 6) is 0.662. The molecule has 2 aromatic rings. The molecule has 2 rings (SSSR count). The van der Waals surface area contributed by atoms with E-state index in [-0.39, 0.29) is 0 Å². The van der Waals surface area contributed by atoms with Crippen molar-refractivity contribution in [2.45, 2.75) is 13.5 Å². The Morgan fingerprint density at radius 2 is 1.85 bits per heavy atom. The fourth-order valence-electron chi connectivity index (χ4n) is 2.01. The molecule has 0 amide bonds. The summed E-state index contributed by atoms with van der Waals surface area (Å²) in [6.07, 6.45) is 0. The number of methoxy groups -OCH3 is 1. The lowest BCUT2D eigenvalue weighted by Crippen LogP contribution is -2.11. The highest BCUT2D eigenvalue weighted by Gasteiger charge is 2.08. The van der Waals surface area contributed by atoms with E-state index >= 15 is 0 Å². The van der Waals surface area contributed by atoms with Gasteiger partial charge in [-0.05, 0) is 35.9 Å². The number of benzene rings is 2. The van der Waals surface area contributed by atoms with Crippen molar-refractivity contribution in [3.8, 4) is 16.9 Å². The lowest BCUT2D eigenvalue weighted by molar-refractivity contribution is 0.415. The van der Waals surface area contributed by atoms with Crippen molar-refractivity contribution in [2.75, 3.05) is 13.7 Å². The van der Waals surface area contributed by atoms with Crippen LogP contribution in [0.1, 0.15) is 12.5 Å². The van der Waals surface area contributed by atoms with Gasteiger partial charge in [-0.25, -0.2) is 0 Å². The number of hydrogen-bond acceptors (Lipinski definition) is 2. The van der Waals surface area contributed by atoms with Gasteiger partial charge in [-0.2, -0.15) is 0 Å². The third kappa shape index (κ3) is 3.45. The molecule has 0 saturated heterocycles. The Labute approximate surface area is 129 Å². The monoisotopic (exact) mass is 309 g/mol. The van der Waals surface area contributed by atoms with Gasteiger partial charge in [-0.15, -0.1) is 0 Å². The topological polar surface area (TPSA) is 21.3 Å². The first-order valence-electron chi connectivity index (χ1n) is 6.48. The SMILES string of the molecule is CCNCc1ccc(-c2ccc(OC)c(Cl)c2)c(Cl)c1. The first kappa shape index (κ1) is 15.2. The minimum absolute atomic E-state index is 0.581. The molecule has 106 valence electrons. The first-order chi connectivity index (χ1) is 9.65. The standard InChI is InChI=1S/C16H17Cl2NO/c1-3-19-10-11-4-6-13(14(17)8-11)12-5-7-16(20-2)15(18)9-12/h4-9,19H,3,10H2,1-2H3. The van der Waals surface area contributed by atoms with Crippen LogP contribution in [-0.2, 0) is 6.54 Å². The number of hydrogen-bond donors (Lipinski definition) is 1. The molecule has 0 unspecified atom stereocenters. The van der Waals surface area contributed by atoms with E-state index in [1.165, 1.54) is 5.56 Å². The summed E-state index contributed by atoms with van der Waals surface area (Å²) in [6, 6.07) is 11.7. The molecule has 0 aliphatic rings. The second-order valence-corrected chi connectivity index (χ2v) is 5.26. The molecule has 20 heavy (non-hydrogen) atoms. The summed E-state index contributed by atoms with van der Waals surface area (Å²) < 4.78 is 5.16. The maximum atomic E-state index is 6.37. The molecule has 0 saturated carbocycles. The van der Waals surface area contributed by atoms with Gasteiger partial charge in [-0.1, -0.05) is 48.3 Å². The minimum Gasteiger partial charge on any atom is -0.495 e. The average molecular weight is 310 g/mol. The maximum Gasteiger partial charge on any atom is 0.137 e. The Bertz CT molecular complexity index is 599. The second-order valence-electron chi connectivity index (χ2n) is 4.44. The second kappa shape index (κ2) is 6.98. The molecular formula is C16H17Cl2NO. The van der Waals surface area contributed by atoms with Crippen molar-refractivity contribution in [3.05, 3.63) is 52.0 Å². The van der Waals surface area contributed by atoms with Crippen LogP contribution >= 0.6 is 23.2 Å². The first-order valence-corrected chi connectivity index (χ1v) is 7.24. The zero-order valence-corrected chi connectivity index (χ0v) is 13.1. The number of halogens is 2. The molecule has 0 atom stereocenters. The third-order valence-electron chi connectivity index (χ3n) is 3.08. The van der Waals surface area contributed by atoms with Crippen molar-refractivity contribution in [2.24, 2.45) is 0 Å². The molecule has 1 N–H and O–H groups in total. The van der Waals surface area contributed by atoms with E-state index in [1.807, 2.05) is 30.3 Å². The largest absolute Gasteiger partial charge is 0.495 e. The zero-order valence-electron chi connectivity index (χ0n) is 11.5. The van der Waals surface area contributed by atoms with Gasteiger partial charge in [0.15, 0.2) is 0 Å². The molecule has 0 aromatic heterocycles. The molecule has 4 heteroatoms. The molecule has 0 bridgehead atoms. The summed E-state index contributed by atoms with van der Waals surface area (Å²) in [4.78, 5) is 0. The number of rotatable bonds is 5. The Morgan fingerprint density at radius 3 is 2.45 bits per heavy atom. The van der Waals surface area contributed by atoms with Crippen LogP contribution in [0, 0.1) is 0 Å². The van der Waals surface area contributed by atoms with Gasteiger partial charge in [0, 0.05) is 17.1 Å². The van der Waals surface area contributed by atoms with E-state index in [0.29, 0.717) is 10.8 Å². The smallest absolute Gasteiger partial charge is 0.137 e. The van der Waals surface area contributed by atoms with Gasteiger partial charge in [0.25, 0.3) is 0 Å². The molecule has 0 aliphatic carbocycles. The van der Waals surface area contributed by atoms with Gasteiger partial charge in [-0.3, -0.25) is 0 Å². The molecular weight excluding hydrogens is 293 g/mol. The van der Waals surface area contributed by atoms with Crippen molar-refractivity contribution in [3.63, 3.8) is 0 Å². The van der Waals surface area contributed by atoms with Crippen LogP contribution in [0.4, 0.5) is 0 Å². The van der Waals surface area contributed by atoms with Gasteiger partial charge < -0.3 is 10.1 Å². The Hall–Kier alpha value is -1.22. The maximum absolute atomic E-state index is 6.37. The van der Waals surface area contributed by atoms with Crippen LogP contribution in [0.25, 0.3) is 11.1 Å². The average Bonchev–Trinajstić information content (AvgIpc) is 2.45. The van der Waals surface area contributed by atoms with Gasteiger partial charge in [0.05, 0.1) is 12.1 Å². The van der Waals surface area contributed by atoms with Crippen LogP contribution in [0.2, 0.25) is 10.0 Å². The summed E-state index contributed by atoms with van der Waals surface area (Å²) in [6.45, 7) is 3.84. The molecule has 2 aromatic carbocycles. The Morgan fingerprint density at radius 1 is 1.05 bits per heavy atom. The van der Waals surface area contributed by atoms with E-state index in [9.17, 15) is 0 Å². The predicted octanol–water partition coefficient (Wildman–Crippen LogP) is 4.78. The van der Waals surface area contributed by atoms with Crippen LogP contribution in [0.15, 0.2) is 36.4 Å². The summed E-state index contributed by atoms with van der Waals surface area (Å²) in [5.41, 5.74) is 3.12. The van der Waals surface area contributed by atoms with Crippen LogP contribution in [0.3, 0.4) is 0 Å². The minimum atomic E-state index is 0.581. The van der Waals surface area contributed by atoms with Gasteiger partial charge in [0.1, 0.15) is 5.75 Å². The Balaban J connectivity index is 2.31. The van der Waals surface area contributed by atoms with Crippen LogP contribution < -0.4 is 10.1 Å². The highest BCUT2D eigenvalue weighted by molar-refractivity contribution is 6.34. The molecule has 0 spiro atoms. The van der Waals surface area contributed by atoms with Gasteiger partial charge >= 0.3 is 0 Å². The molecule has 0 aliphatic heterocycles. The fourth-order valence-corrected chi connectivity index (χ4v) is 2.58. The number of ether oxygens (including phenoxy) is 1. The van der Waals surface area contributed by atoms with E-state index < -0.39 is 0 Å². The zero-order chi connectivity index (χ0) is 14.5. The van der Waals surface area contributed by atoms with Crippen molar-refractivity contribution in [1.82, 2.24) is 5.32 Å². The Kier molecular flexibility index (Phi) is 5.30. The van der Waals surface area contributed by atoms with E-state index in [1.54, 1.807) is 7.11 Å². The highest BCUT2D eigenvalue weighted by Crippen LogP contribution is 2.34. The molecule has 0 heterocycles. The van der Waals surface area contributed by atoms with E-state index in [0.717, 1.165) is 29.2 Å². The molecule has 0 fully saturated rings. The summed E-state index contributed by atoms with van der Waals surface area (Å²) >= 11 is 12.5. The molecule has 2 nitrogen and oxygen atoms in total. The van der Waals surface area contributed by atoms with E-state index in [2.05, 4.69) is 18.3 Å². The quantitative estimate of drug-likeness (QED) is 0.858. The van der Waals surface area contributed by atoms with E-state index in [4.69, 9.17) is 27.9 Å². The fraction of sp³-hybridized carbons (Fsp3) is 0.250.